The molecule has 0 radical (unpaired) electrons. The van der Waals surface area contributed by atoms with Crippen molar-refractivity contribution >= 4 is 5.91 Å². The summed E-state index contributed by atoms with van der Waals surface area (Å²) in [5, 5.41) is 6.46. The van der Waals surface area contributed by atoms with E-state index < -0.39 is 0 Å². The van der Waals surface area contributed by atoms with Crippen LogP contribution in [0.1, 0.15) is 32.6 Å². The Hall–Kier alpha value is -0.610. The number of carbonyl (C=O) groups is 1. The molecule has 18 heavy (non-hydrogen) atoms. The van der Waals surface area contributed by atoms with Crippen LogP contribution in [-0.2, 0) is 4.79 Å². The zero-order chi connectivity index (χ0) is 12.6. The van der Waals surface area contributed by atoms with Gasteiger partial charge in [0.2, 0.25) is 5.91 Å². The molecule has 0 aromatic rings. The minimum atomic E-state index is -0.172. The Morgan fingerprint density at radius 1 is 1.44 bits per heavy atom. The van der Waals surface area contributed by atoms with E-state index in [1.54, 1.807) is 0 Å². The molecule has 2 saturated heterocycles. The molecule has 0 spiro atoms. The van der Waals surface area contributed by atoms with Gasteiger partial charge in [0.1, 0.15) is 0 Å². The quantitative estimate of drug-likeness (QED) is 0.768. The van der Waals surface area contributed by atoms with E-state index in [2.05, 4.69) is 22.5 Å². The molecule has 2 unspecified atom stereocenters. The van der Waals surface area contributed by atoms with Crippen LogP contribution >= 0.6 is 0 Å². The van der Waals surface area contributed by atoms with Gasteiger partial charge in [-0.2, -0.15) is 0 Å². The van der Waals surface area contributed by atoms with E-state index in [0.29, 0.717) is 5.92 Å². The van der Waals surface area contributed by atoms with Crippen molar-refractivity contribution in [3.63, 3.8) is 0 Å². The van der Waals surface area contributed by atoms with Gasteiger partial charge in [-0.25, -0.2) is 0 Å². The summed E-state index contributed by atoms with van der Waals surface area (Å²) in [7, 11) is 0. The fraction of sp³-hybridized carbons (Fsp3) is 0.929. The standard InChI is InChI=1S/C14H25N3O/c1-14(5-6-15-10-14)13(18)16-8-11-4-7-17(9-11)12-2-3-12/h11-12,15H,2-10H2,1H3,(H,16,18). The fourth-order valence-corrected chi connectivity index (χ4v) is 3.26. The highest BCUT2D eigenvalue weighted by molar-refractivity contribution is 5.82. The summed E-state index contributed by atoms with van der Waals surface area (Å²) < 4.78 is 0. The molecule has 2 atom stereocenters. The molecule has 0 aromatic heterocycles. The van der Waals surface area contributed by atoms with Crippen LogP contribution < -0.4 is 10.6 Å². The van der Waals surface area contributed by atoms with Crippen LogP contribution in [0, 0.1) is 11.3 Å². The van der Waals surface area contributed by atoms with Crippen LogP contribution in [0.2, 0.25) is 0 Å². The highest BCUT2D eigenvalue weighted by Gasteiger charge is 2.37. The Balaban J connectivity index is 1.42. The number of carbonyl (C=O) groups excluding carboxylic acids is 1. The predicted octanol–water partition coefficient (Wildman–Crippen LogP) is 0.587. The molecule has 2 heterocycles. The highest BCUT2D eigenvalue weighted by Crippen LogP contribution is 2.31. The highest BCUT2D eigenvalue weighted by atomic mass is 16.2. The van der Waals surface area contributed by atoms with E-state index in [-0.39, 0.29) is 11.3 Å². The van der Waals surface area contributed by atoms with Gasteiger partial charge in [0.05, 0.1) is 5.41 Å². The number of nitrogens with one attached hydrogen (secondary N) is 2. The first-order chi connectivity index (χ1) is 8.67. The van der Waals surface area contributed by atoms with Crippen LogP contribution in [0.15, 0.2) is 0 Å². The third kappa shape index (κ3) is 2.54. The van der Waals surface area contributed by atoms with Crippen molar-refractivity contribution in [2.24, 2.45) is 11.3 Å². The Kier molecular flexibility index (Phi) is 3.32. The number of hydrogen-bond donors (Lipinski definition) is 2. The van der Waals surface area contributed by atoms with Crippen molar-refractivity contribution in [2.75, 3.05) is 32.7 Å². The Labute approximate surface area is 109 Å². The zero-order valence-corrected chi connectivity index (χ0v) is 11.4. The van der Waals surface area contributed by atoms with Crippen LogP contribution in [0.5, 0.6) is 0 Å². The molecule has 0 bridgehead atoms. The van der Waals surface area contributed by atoms with Crippen molar-refractivity contribution in [1.82, 2.24) is 15.5 Å². The minimum absolute atomic E-state index is 0.172. The van der Waals surface area contributed by atoms with Crippen LogP contribution in [0.4, 0.5) is 0 Å². The molecule has 0 aromatic carbocycles. The average Bonchev–Trinajstić information content (AvgIpc) is 2.94. The van der Waals surface area contributed by atoms with Gasteiger partial charge in [-0.15, -0.1) is 0 Å². The first-order valence-electron chi connectivity index (χ1n) is 7.40. The van der Waals surface area contributed by atoms with Crippen LogP contribution in [0.25, 0.3) is 0 Å². The average molecular weight is 251 g/mol. The van der Waals surface area contributed by atoms with Gasteiger partial charge in [-0.3, -0.25) is 4.79 Å². The Bertz CT molecular complexity index is 321. The second-order valence-electron chi connectivity index (χ2n) is 6.58. The molecule has 4 heteroatoms. The van der Waals surface area contributed by atoms with Crippen molar-refractivity contribution in [2.45, 2.75) is 38.6 Å². The molecule has 1 aliphatic carbocycles. The summed E-state index contributed by atoms with van der Waals surface area (Å²) in [6, 6.07) is 0.877. The Morgan fingerprint density at radius 2 is 2.28 bits per heavy atom. The molecule has 2 N–H and O–H groups in total. The zero-order valence-electron chi connectivity index (χ0n) is 11.4. The molecular weight excluding hydrogens is 226 g/mol. The molecule has 3 fully saturated rings. The van der Waals surface area contributed by atoms with Crippen molar-refractivity contribution in [3.8, 4) is 0 Å². The maximum absolute atomic E-state index is 12.2. The number of rotatable bonds is 4. The maximum Gasteiger partial charge on any atom is 0.227 e. The molecule has 1 amide bonds. The van der Waals surface area contributed by atoms with E-state index in [0.717, 1.165) is 32.1 Å². The fourth-order valence-electron chi connectivity index (χ4n) is 3.26. The maximum atomic E-state index is 12.2. The second-order valence-corrected chi connectivity index (χ2v) is 6.58. The van der Waals surface area contributed by atoms with Gasteiger partial charge in [0.15, 0.2) is 0 Å². The third-order valence-corrected chi connectivity index (χ3v) is 4.85. The van der Waals surface area contributed by atoms with Gasteiger partial charge in [0, 0.05) is 25.7 Å². The molecular formula is C14H25N3O. The number of hydrogen-bond acceptors (Lipinski definition) is 3. The van der Waals surface area contributed by atoms with E-state index in [1.165, 1.54) is 32.4 Å². The van der Waals surface area contributed by atoms with E-state index >= 15 is 0 Å². The number of likely N-dealkylation sites (tertiary alicyclic amines) is 1. The van der Waals surface area contributed by atoms with E-state index in [1.807, 2.05) is 0 Å². The lowest BCUT2D eigenvalue weighted by Crippen LogP contribution is -2.42. The minimum Gasteiger partial charge on any atom is -0.355 e. The molecule has 1 saturated carbocycles. The van der Waals surface area contributed by atoms with E-state index in [9.17, 15) is 4.79 Å². The summed E-state index contributed by atoms with van der Waals surface area (Å²) in [6.07, 6.45) is 5.01. The summed E-state index contributed by atoms with van der Waals surface area (Å²) in [4.78, 5) is 14.8. The van der Waals surface area contributed by atoms with Crippen LogP contribution in [-0.4, -0.2) is 49.6 Å². The van der Waals surface area contributed by atoms with E-state index in [4.69, 9.17) is 0 Å². The molecule has 2 aliphatic heterocycles. The van der Waals surface area contributed by atoms with Crippen molar-refractivity contribution < 1.29 is 4.79 Å². The topological polar surface area (TPSA) is 44.4 Å². The second kappa shape index (κ2) is 4.82. The number of amides is 1. The largest absolute Gasteiger partial charge is 0.355 e. The molecule has 3 rings (SSSR count). The lowest BCUT2D eigenvalue weighted by molar-refractivity contribution is -0.129. The smallest absolute Gasteiger partial charge is 0.227 e. The molecule has 4 nitrogen and oxygen atoms in total. The normalized spacial score (nSPS) is 37.1. The van der Waals surface area contributed by atoms with Gasteiger partial charge in [-0.1, -0.05) is 0 Å². The van der Waals surface area contributed by atoms with Crippen molar-refractivity contribution in [1.29, 1.82) is 0 Å². The summed E-state index contributed by atoms with van der Waals surface area (Å²) >= 11 is 0. The molecule has 102 valence electrons. The first-order valence-corrected chi connectivity index (χ1v) is 7.40. The van der Waals surface area contributed by atoms with Gasteiger partial charge >= 0.3 is 0 Å². The van der Waals surface area contributed by atoms with Gasteiger partial charge < -0.3 is 15.5 Å². The summed E-state index contributed by atoms with van der Waals surface area (Å²) in [5.41, 5.74) is -0.172. The lowest BCUT2D eigenvalue weighted by atomic mass is 9.88. The van der Waals surface area contributed by atoms with Crippen LogP contribution in [0.3, 0.4) is 0 Å². The van der Waals surface area contributed by atoms with Gasteiger partial charge in [0.25, 0.3) is 0 Å². The first kappa shape index (κ1) is 12.4. The lowest BCUT2D eigenvalue weighted by Gasteiger charge is -2.23. The summed E-state index contributed by atoms with van der Waals surface area (Å²) in [6.45, 7) is 7.19. The number of nitrogens with zero attached hydrogens (tertiary/aromatic N) is 1. The summed E-state index contributed by atoms with van der Waals surface area (Å²) in [5.74, 6) is 0.921. The van der Waals surface area contributed by atoms with Crippen molar-refractivity contribution in [3.05, 3.63) is 0 Å². The predicted molar refractivity (Wildman–Crippen MR) is 71.3 cm³/mol. The SMILES string of the molecule is CC1(C(=O)NCC2CCN(C3CC3)C2)CCNC1. The monoisotopic (exact) mass is 251 g/mol. The molecule has 3 aliphatic rings. The van der Waals surface area contributed by atoms with Gasteiger partial charge in [-0.05, 0) is 51.6 Å². The Morgan fingerprint density at radius 3 is 2.94 bits per heavy atom. The third-order valence-electron chi connectivity index (χ3n) is 4.85.